The van der Waals surface area contributed by atoms with E-state index >= 15 is 0 Å². The van der Waals surface area contributed by atoms with Crippen LogP contribution in [0.15, 0.2) is 36.4 Å². The first kappa shape index (κ1) is 28.8. The van der Waals surface area contributed by atoms with Crippen molar-refractivity contribution < 1.29 is 19.1 Å². The number of carbonyl (C=O) groups is 2. The van der Waals surface area contributed by atoms with E-state index in [1.807, 2.05) is 58.9 Å². The van der Waals surface area contributed by atoms with Crippen LogP contribution in [0, 0.1) is 0 Å². The first-order chi connectivity index (χ1) is 16.7. The number of aryl methyl sites for hydroxylation is 1. The van der Waals surface area contributed by atoms with Gasteiger partial charge in [0.05, 0.1) is 23.3 Å². The molecule has 0 radical (unpaired) electrons. The topological polar surface area (TPSA) is 67.9 Å². The van der Waals surface area contributed by atoms with Crippen molar-refractivity contribution in [2.75, 3.05) is 13.2 Å². The molecule has 1 unspecified atom stereocenters. The summed E-state index contributed by atoms with van der Waals surface area (Å²) in [6.07, 6.45) is 1.24. The molecule has 2 amide bonds. The van der Waals surface area contributed by atoms with Gasteiger partial charge in [0.15, 0.2) is 11.5 Å². The van der Waals surface area contributed by atoms with Crippen LogP contribution in [0.1, 0.15) is 58.6 Å². The first-order valence-electron chi connectivity index (χ1n) is 12.1. The molecule has 2 rings (SSSR count). The zero-order valence-corrected chi connectivity index (χ0v) is 22.7. The quantitative estimate of drug-likeness (QED) is 0.347. The second-order valence-electron chi connectivity index (χ2n) is 8.50. The van der Waals surface area contributed by atoms with E-state index in [1.54, 1.807) is 17.0 Å². The molecular weight excluding hydrogens is 487 g/mol. The smallest absolute Gasteiger partial charge is 0.243 e. The maximum Gasteiger partial charge on any atom is 0.243 e. The Morgan fingerprint density at radius 3 is 2.17 bits per heavy atom. The summed E-state index contributed by atoms with van der Waals surface area (Å²) in [4.78, 5) is 28.1. The molecule has 0 aliphatic heterocycles. The van der Waals surface area contributed by atoms with Crippen LogP contribution in [0.25, 0.3) is 0 Å². The predicted octanol–water partition coefficient (Wildman–Crippen LogP) is 6.06. The summed E-state index contributed by atoms with van der Waals surface area (Å²) in [6.45, 7) is 10.9. The Balaban J connectivity index is 2.26. The van der Waals surface area contributed by atoms with Gasteiger partial charge in [-0.05, 0) is 75.9 Å². The van der Waals surface area contributed by atoms with Crippen molar-refractivity contribution in [2.24, 2.45) is 0 Å². The summed E-state index contributed by atoms with van der Waals surface area (Å²) < 4.78 is 11.3. The van der Waals surface area contributed by atoms with Gasteiger partial charge in [-0.25, -0.2) is 0 Å². The minimum absolute atomic E-state index is 0.0284. The number of ether oxygens (including phenoxy) is 2. The van der Waals surface area contributed by atoms with E-state index in [9.17, 15) is 9.59 Å². The van der Waals surface area contributed by atoms with Gasteiger partial charge in [0, 0.05) is 19.0 Å². The Kier molecular flexibility index (Phi) is 11.7. The third kappa shape index (κ3) is 8.62. The molecule has 1 atom stereocenters. The summed E-state index contributed by atoms with van der Waals surface area (Å²) in [5.41, 5.74) is 1.77. The normalized spacial score (nSPS) is 11.8. The minimum Gasteiger partial charge on any atom is -0.490 e. The van der Waals surface area contributed by atoms with Gasteiger partial charge < -0.3 is 19.7 Å². The largest absolute Gasteiger partial charge is 0.490 e. The predicted molar refractivity (Wildman–Crippen MR) is 141 cm³/mol. The molecule has 0 fully saturated rings. The third-order valence-electron chi connectivity index (χ3n) is 5.39. The second kappa shape index (κ2) is 14.2. The molecular formula is C27H36Cl2N2O4. The molecule has 6 nitrogen and oxygen atoms in total. The van der Waals surface area contributed by atoms with Gasteiger partial charge in [0.1, 0.15) is 6.04 Å². The van der Waals surface area contributed by atoms with Gasteiger partial charge in [0.2, 0.25) is 11.8 Å². The van der Waals surface area contributed by atoms with Crippen molar-refractivity contribution in [3.05, 3.63) is 57.6 Å². The Labute approximate surface area is 218 Å². The first-order valence-corrected chi connectivity index (χ1v) is 12.9. The van der Waals surface area contributed by atoms with Crippen LogP contribution < -0.4 is 14.8 Å². The zero-order chi connectivity index (χ0) is 26.0. The number of hydrogen-bond acceptors (Lipinski definition) is 4. The molecule has 35 heavy (non-hydrogen) atoms. The standard InChI is InChI=1S/C27H36Cl2N2O4/c1-6-23(27(33)30-18(4)5)31(17-20-9-12-21(28)22(29)15-20)26(32)14-11-19-10-13-24(34-7-2)25(16-19)35-8-3/h9-10,12-13,15-16,18,23H,6-8,11,14,17H2,1-5H3,(H,30,33). The third-order valence-corrected chi connectivity index (χ3v) is 6.13. The summed E-state index contributed by atoms with van der Waals surface area (Å²) in [5.74, 6) is 1.06. The molecule has 8 heteroatoms. The maximum atomic E-state index is 13.5. The van der Waals surface area contributed by atoms with Gasteiger partial charge in [0.25, 0.3) is 0 Å². The van der Waals surface area contributed by atoms with Crippen LogP contribution in [0.4, 0.5) is 0 Å². The molecule has 2 aromatic carbocycles. The summed E-state index contributed by atoms with van der Waals surface area (Å²) >= 11 is 12.3. The summed E-state index contributed by atoms with van der Waals surface area (Å²) in [6, 6.07) is 10.3. The van der Waals surface area contributed by atoms with Crippen molar-refractivity contribution in [2.45, 2.75) is 72.5 Å². The molecule has 0 spiro atoms. The second-order valence-corrected chi connectivity index (χ2v) is 9.32. The highest BCUT2D eigenvalue weighted by Crippen LogP contribution is 2.29. The van der Waals surface area contributed by atoms with E-state index in [0.29, 0.717) is 47.6 Å². The van der Waals surface area contributed by atoms with Crippen LogP contribution in [0.5, 0.6) is 11.5 Å². The number of nitrogens with one attached hydrogen (secondary N) is 1. The molecule has 2 aromatic rings. The van der Waals surface area contributed by atoms with Gasteiger partial charge in [-0.3, -0.25) is 9.59 Å². The molecule has 0 aromatic heterocycles. The molecule has 192 valence electrons. The summed E-state index contributed by atoms with van der Waals surface area (Å²) in [7, 11) is 0. The molecule has 0 heterocycles. The van der Waals surface area contributed by atoms with E-state index in [4.69, 9.17) is 32.7 Å². The highest BCUT2D eigenvalue weighted by molar-refractivity contribution is 6.42. The number of benzene rings is 2. The average Bonchev–Trinajstić information content (AvgIpc) is 2.81. The van der Waals surface area contributed by atoms with Gasteiger partial charge in [-0.15, -0.1) is 0 Å². The van der Waals surface area contributed by atoms with Crippen LogP contribution in [0.2, 0.25) is 10.0 Å². The average molecular weight is 524 g/mol. The highest BCUT2D eigenvalue weighted by Gasteiger charge is 2.29. The fraction of sp³-hybridized carbons (Fsp3) is 0.481. The molecule has 0 aliphatic carbocycles. The number of amides is 2. The minimum atomic E-state index is -0.598. The Morgan fingerprint density at radius 1 is 0.914 bits per heavy atom. The Bertz CT molecular complexity index is 997. The van der Waals surface area contributed by atoms with Crippen molar-refractivity contribution in [1.29, 1.82) is 0 Å². The Morgan fingerprint density at radius 2 is 1.57 bits per heavy atom. The van der Waals surface area contributed by atoms with Gasteiger partial charge in [-0.2, -0.15) is 0 Å². The lowest BCUT2D eigenvalue weighted by Crippen LogP contribution is -2.50. The van der Waals surface area contributed by atoms with E-state index in [2.05, 4.69) is 5.32 Å². The zero-order valence-electron chi connectivity index (χ0n) is 21.2. The van der Waals surface area contributed by atoms with Crippen LogP contribution in [-0.2, 0) is 22.6 Å². The molecule has 0 bridgehead atoms. The van der Waals surface area contributed by atoms with Crippen molar-refractivity contribution >= 4 is 35.0 Å². The van der Waals surface area contributed by atoms with E-state index in [1.165, 1.54) is 0 Å². The molecule has 0 saturated carbocycles. The SMILES string of the molecule is CCOc1ccc(CCC(=O)N(Cc2ccc(Cl)c(Cl)c2)C(CC)C(=O)NC(C)C)cc1OCC. The van der Waals surface area contributed by atoms with Crippen LogP contribution in [0.3, 0.4) is 0 Å². The van der Waals surface area contributed by atoms with E-state index in [0.717, 1.165) is 11.1 Å². The summed E-state index contributed by atoms with van der Waals surface area (Å²) in [5, 5.41) is 3.79. The fourth-order valence-electron chi connectivity index (χ4n) is 3.78. The monoisotopic (exact) mass is 522 g/mol. The number of nitrogens with zero attached hydrogens (tertiary/aromatic N) is 1. The van der Waals surface area contributed by atoms with Gasteiger partial charge in [-0.1, -0.05) is 42.3 Å². The number of rotatable bonds is 13. The van der Waals surface area contributed by atoms with Crippen LogP contribution >= 0.6 is 23.2 Å². The van der Waals surface area contributed by atoms with Crippen molar-refractivity contribution in [1.82, 2.24) is 10.2 Å². The fourth-order valence-corrected chi connectivity index (χ4v) is 4.10. The maximum absolute atomic E-state index is 13.5. The number of halogens is 2. The molecule has 1 N–H and O–H groups in total. The van der Waals surface area contributed by atoms with Gasteiger partial charge >= 0.3 is 0 Å². The lowest BCUT2D eigenvalue weighted by Gasteiger charge is -2.31. The number of carbonyl (C=O) groups excluding carboxylic acids is 2. The molecule has 0 saturated heterocycles. The van der Waals surface area contributed by atoms with Crippen molar-refractivity contribution in [3.8, 4) is 11.5 Å². The van der Waals surface area contributed by atoms with Crippen LogP contribution in [-0.4, -0.2) is 42.0 Å². The van der Waals surface area contributed by atoms with E-state index in [-0.39, 0.29) is 30.8 Å². The number of hydrogen-bond donors (Lipinski definition) is 1. The lowest BCUT2D eigenvalue weighted by atomic mass is 10.1. The lowest BCUT2D eigenvalue weighted by molar-refractivity contribution is -0.141. The Hall–Kier alpha value is -2.44. The van der Waals surface area contributed by atoms with Crippen molar-refractivity contribution in [3.63, 3.8) is 0 Å². The van der Waals surface area contributed by atoms with E-state index < -0.39 is 6.04 Å². The molecule has 0 aliphatic rings. The highest BCUT2D eigenvalue weighted by atomic mass is 35.5.